The summed E-state index contributed by atoms with van der Waals surface area (Å²) in [6, 6.07) is 76.0. The zero-order valence-electron chi connectivity index (χ0n) is 33.0. The van der Waals surface area contributed by atoms with Crippen molar-refractivity contribution < 1.29 is 0 Å². The van der Waals surface area contributed by atoms with E-state index in [1.54, 1.807) is 0 Å². The molecule has 0 unspecified atom stereocenters. The standard InChI is InChI=1S/C57H40N2/c1-57(2)50-19-11-9-18-47(50)55-51(57)32-31-46-49-36-42(26-34-54(49)59(56(46)55)44-29-23-40(24-30-44)38-15-7-4-8-16-38)41-25-33-53-48(35-41)45-17-10-12-20-52(45)58(53)43-27-21-39(22-28-43)37-13-5-3-6-14-37/h3-36H,1-2H3. The maximum absolute atomic E-state index is 2.51. The van der Waals surface area contributed by atoms with Crippen LogP contribution in [0.1, 0.15) is 25.0 Å². The highest BCUT2D eigenvalue weighted by Gasteiger charge is 2.37. The maximum atomic E-state index is 2.51. The molecule has 1 aliphatic carbocycles. The van der Waals surface area contributed by atoms with Crippen LogP contribution in [0, 0.1) is 0 Å². The van der Waals surface area contributed by atoms with E-state index in [4.69, 9.17) is 0 Å². The van der Waals surface area contributed by atoms with E-state index in [2.05, 4.69) is 229 Å². The van der Waals surface area contributed by atoms with Crippen molar-refractivity contribution in [2.75, 3.05) is 0 Å². The topological polar surface area (TPSA) is 9.86 Å². The van der Waals surface area contributed by atoms with E-state index in [-0.39, 0.29) is 5.41 Å². The summed E-state index contributed by atoms with van der Waals surface area (Å²) >= 11 is 0. The highest BCUT2D eigenvalue weighted by molar-refractivity contribution is 6.17. The molecule has 0 saturated heterocycles. The van der Waals surface area contributed by atoms with Crippen LogP contribution in [0.15, 0.2) is 206 Å². The van der Waals surface area contributed by atoms with Crippen LogP contribution in [-0.4, -0.2) is 9.13 Å². The van der Waals surface area contributed by atoms with Crippen LogP contribution in [0.25, 0.3) is 99.5 Å². The van der Waals surface area contributed by atoms with Crippen LogP contribution in [-0.2, 0) is 5.41 Å². The minimum atomic E-state index is -0.0950. The Balaban J connectivity index is 1.04. The van der Waals surface area contributed by atoms with Crippen LogP contribution < -0.4 is 0 Å². The molecule has 11 aromatic rings. The number of rotatable bonds is 5. The Labute approximate surface area is 343 Å². The van der Waals surface area contributed by atoms with Crippen molar-refractivity contribution >= 4 is 43.6 Å². The van der Waals surface area contributed by atoms with Crippen molar-refractivity contribution in [3.05, 3.63) is 217 Å². The number of hydrogen-bond acceptors (Lipinski definition) is 0. The van der Waals surface area contributed by atoms with Gasteiger partial charge in [-0.1, -0.05) is 166 Å². The lowest BCUT2D eigenvalue weighted by Crippen LogP contribution is -2.14. The van der Waals surface area contributed by atoms with Gasteiger partial charge in [0.2, 0.25) is 0 Å². The number of nitrogens with zero attached hydrogens (tertiary/aromatic N) is 2. The SMILES string of the molecule is CC1(C)c2ccccc2-c2c1ccc1c3cc(-c4ccc5c(c4)c4ccccc4n5-c4ccc(-c5ccccc5)cc4)ccc3n(-c3ccc(-c4ccccc4)cc3)c21. The Kier molecular flexibility index (Phi) is 7.31. The predicted molar refractivity (Wildman–Crippen MR) is 249 cm³/mol. The van der Waals surface area contributed by atoms with Crippen LogP contribution in [0.5, 0.6) is 0 Å². The summed E-state index contributed by atoms with van der Waals surface area (Å²) in [4.78, 5) is 0. The first-order chi connectivity index (χ1) is 29.0. The Morgan fingerprint density at radius 2 is 0.797 bits per heavy atom. The van der Waals surface area contributed by atoms with Gasteiger partial charge in [0.1, 0.15) is 0 Å². The van der Waals surface area contributed by atoms with Gasteiger partial charge in [0.15, 0.2) is 0 Å². The number of hydrogen-bond donors (Lipinski definition) is 0. The summed E-state index contributed by atoms with van der Waals surface area (Å²) in [6.07, 6.45) is 0. The Morgan fingerprint density at radius 3 is 1.44 bits per heavy atom. The molecule has 12 rings (SSSR count). The average Bonchev–Trinajstić information content (AvgIpc) is 3.89. The summed E-state index contributed by atoms with van der Waals surface area (Å²) in [5.41, 5.74) is 19.9. The zero-order chi connectivity index (χ0) is 39.2. The molecule has 0 bridgehead atoms. The molecule has 2 nitrogen and oxygen atoms in total. The molecule has 0 spiro atoms. The van der Waals surface area contributed by atoms with Crippen LogP contribution in [0.2, 0.25) is 0 Å². The van der Waals surface area contributed by atoms with Crippen molar-refractivity contribution in [1.82, 2.24) is 9.13 Å². The fraction of sp³-hybridized carbons (Fsp3) is 0.0526. The summed E-state index contributed by atoms with van der Waals surface area (Å²) in [7, 11) is 0. The molecule has 0 fully saturated rings. The quantitative estimate of drug-likeness (QED) is 0.166. The molecule has 0 radical (unpaired) electrons. The predicted octanol–water partition coefficient (Wildman–Crippen LogP) is 15.2. The average molecular weight is 753 g/mol. The number of benzene rings is 9. The fourth-order valence-corrected chi connectivity index (χ4v) is 10.0. The smallest absolute Gasteiger partial charge is 0.0622 e. The first-order valence-corrected chi connectivity index (χ1v) is 20.6. The lowest BCUT2D eigenvalue weighted by molar-refractivity contribution is 0.661. The minimum Gasteiger partial charge on any atom is -0.309 e. The summed E-state index contributed by atoms with van der Waals surface area (Å²) < 4.78 is 4.92. The van der Waals surface area contributed by atoms with E-state index < -0.39 is 0 Å². The lowest BCUT2D eigenvalue weighted by Gasteiger charge is -2.21. The largest absolute Gasteiger partial charge is 0.309 e. The van der Waals surface area contributed by atoms with E-state index in [0.717, 1.165) is 5.69 Å². The maximum Gasteiger partial charge on any atom is 0.0622 e. The van der Waals surface area contributed by atoms with E-state index >= 15 is 0 Å². The lowest BCUT2D eigenvalue weighted by atomic mass is 9.82. The Hall–Kier alpha value is -7.42. The molecule has 1 aliphatic rings. The number of aromatic nitrogens is 2. The van der Waals surface area contributed by atoms with Gasteiger partial charge in [-0.2, -0.15) is 0 Å². The van der Waals surface area contributed by atoms with Crippen molar-refractivity contribution in [2.24, 2.45) is 0 Å². The molecular formula is C57H40N2. The minimum absolute atomic E-state index is 0.0950. The zero-order valence-corrected chi connectivity index (χ0v) is 33.0. The van der Waals surface area contributed by atoms with Gasteiger partial charge in [-0.3, -0.25) is 0 Å². The van der Waals surface area contributed by atoms with Crippen LogP contribution >= 0.6 is 0 Å². The molecule has 2 heteroatoms. The van der Waals surface area contributed by atoms with Gasteiger partial charge in [0, 0.05) is 43.9 Å². The van der Waals surface area contributed by atoms with Gasteiger partial charge in [-0.15, -0.1) is 0 Å². The van der Waals surface area contributed by atoms with E-state index in [9.17, 15) is 0 Å². The van der Waals surface area contributed by atoms with Gasteiger partial charge in [0.05, 0.1) is 22.1 Å². The van der Waals surface area contributed by atoms with E-state index in [1.807, 2.05) is 0 Å². The molecule has 0 amide bonds. The molecule has 2 heterocycles. The molecule has 278 valence electrons. The third-order valence-corrected chi connectivity index (χ3v) is 12.9. The summed E-state index contributed by atoms with van der Waals surface area (Å²) in [5, 5.41) is 5.04. The fourth-order valence-electron chi connectivity index (χ4n) is 10.0. The number of fused-ring (bicyclic) bond motifs is 10. The van der Waals surface area contributed by atoms with Crippen LogP contribution in [0.3, 0.4) is 0 Å². The second kappa shape index (κ2) is 12.8. The number of para-hydroxylation sites is 1. The molecule has 59 heavy (non-hydrogen) atoms. The molecule has 0 saturated carbocycles. The van der Waals surface area contributed by atoms with Crippen molar-refractivity contribution in [1.29, 1.82) is 0 Å². The third kappa shape index (κ3) is 5.06. The Morgan fingerprint density at radius 1 is 0.322 bits per heavy atom. The third-order valence-electron chi connectivity index (χ3n) is 12.9. The molecule has 9 aromatic carbocycles. The Bertz CT molecular complexity index is 3420. The highest BCUT2D eigenvalue weighted by Crippen LogP contribution is 2.53. The van der Waals surface area contributed by atoms with Crippen molar-refractivity contribution in [3.63, 3.8) is 0 Å². The van der Waals surface area contributed by atoms with E-state index in [1.165, 1.54) is 105 Å². The summed E-state index contributed by atoms with van der Waals surface area (Å²) in [6.45, 7) is 4.74. The van der Waals surface area contributed by atoms with Crippen LogP contribution in [0.4, 0.5) is 0 Å². The van der Waals surface area contributed by atoms with Gasteiger partial charge in [-0.25, -0.2) is 0 Å². The first kappa shape index (κ1) is 33.7. The van der Waals surface area contributed by atoms with Gasteiger partial charge < -0.3 is 9.13 Å². The monoisotopic (exact) mass is 752 g/mol. The molecule has 0 atom stereocenters. The molecule has 0 aliphatic heterocycles. The molecular weight excluding hydrogens is 713 g/mol. The summed E-state index contributed by atoms with van der Waals surface area (Å²) in [5.74, 6) is 0. The second-order valence-electron chi connectivity index (χ2n) is 16.5. The highest BCUT2D eigenvalue weighted by atomic mass is 15.0. The normalized spacial score (nSPS) is 13.1. The second-order valence-corrected chi connectivity index (χ2v) is 16.5. The molecule has 2 aromatic heterocycles. The first-order valence-electron chi connectivity index (χ1n) is 20.6. The molecule has 0 N–H and O–H groups in total. The van der Waals surface area contributed by atoms with Crippen molar-refractivity contribution in [2.45, 2.75) is 19.3 Å². The van der Waals surface area contributed by atoms with Gasteiger partial charge in [-0.05, 0) is 105 Å². The van der Waals surface area contributed by atoms with Gasteiger partial charge >= 0.3 is 0 Å². The van der Waals surface area contributed by atoms with E-state index in [0.29, 0.717) is 0 Å². The van der Waals surface area contributed by atoms with Crippen molar-refractivity contribution in [3.8, 4) is 55.9 Å². The van der Waals surface area contributed by atoms with Gasteiger partial charge in [0.25, 0.3) is 0 Å².